The Morgan fingerprint density at radius 3 is 0.682 bits per heavy atom. The number of rotatable bonds is 34. The highest BCUT2D eigenvalue weighted by molar-refractivity contribution is 5.53. The highest BCUT2D eigenvalue weighted by Crippen LogP contribution is 2.46. The Balaban J connectivity index is 1.10. The van der Waals surface area contributed by atoms with Gasteiger partial charge in [0.05, 0.1) is 42.7 Å². The van der Waals surface area contributed by atoms with Crippen molar-refractivity contribution in [3.05, 3.63) is 287 Å². The first-order valence-corrected chi connectivity index (χ1v) is 30.4. The molecule has 0 unspecified atom stereocenters. The van der Waals surface area contributed by atoms with Gasteiger partial charge in [0.1, 0.15) is 51.3 Å². The van der Waals surface area contributed by atoms with Crippen LogP contribution in [0.15, 0.2) is 237 Å². The molecule has 458 valence electrons. The Morgan fingerprint density at radius 2 is 0.489 bits per heavy atom. The largest absolute Gasteiger partial charge is 0.497 e. The molecule has 0 aliphatic heterocycles. The molecule has 11 heteroatoms. The number of methoxy groups -OCH3 is 6. The van der Waals surface area contributed by atoms with Crippen molar-refractivity contribution in [2.75, 3.05) is 82.7 Å². The van der Waals surface area contributed by atoms with Crippen LogP contribution in [0.1, 0.15) is 95.0 Å². The van der Waals surface area contributed by atoms with Crippen LogP contribution in [0.25, 0.3) is 0 Å². The summed E-state index contributed by atoms with van der Waals surface area (Å²) in [7, 11) is 12.3. The van der Waals surface area contributed by atoms with Crippen LogP contribution in [0.2, 0.25) is 0 Å². The quantitative estimate of drug-likeness (QED) is 0.0308. The zero-order chi connectivity index (χ0) is 61.7. The average Bonchev–Trinajstić information content (AvgIpc) is 1.13. The van der Waals surface area contributed by atoms with Crippen LogP contribution in [0.4, 0.5) is 0 Å². The lowest BCUT2D eigenvalue weighted by molar-refractivity contribution is -0.0188. The highest BCUT2D eigenvalue weighted by Gasteiger charge is 2.42. The minimum absolute atomic E-state index is 0.0612. The highest BCUT2D eigenvalue weighted by atomic mass is 16.5. The van der Waals surface area contributed by atoms with Crippen LogP contribution in [0, 0.1) is 0 Å². The van der Waals surface area contributed by atoms with Crippen molar-refractivity contribution >= 4 is 0 Å². The smallest absolute Gasteiger partial charge is 0.143 e. The molecule has 9 aromatic rings. The minimum atomic E-state index is -1.000. The van der Waals surface area contributed by atoms with E-state index in [1.807, 2.05) is 91.0 Å². The summed E-state index contributed by atoms with van der Waals surface area (Å²) in [5, 5.41) is 10.5. The maximum atomic E-state index is 10.5. The molecular weight excluding hydrogens is 1100 g/mol. The van der Waals surface area contributed by atoms with E-state index in [9.17, 15) is 5.11 Å². The molecule has 0 atom stereocenters. The van der Waals surface area contributed by atoms with Gasteiger partial charge in [0.25, 0.3) is 0 Å². The van der Waals surface area contributed by atoms with Crippen LogP contribution in [0.5, 0.6) is 34.5 Å². The number of hydrogen-bond acceptors (Lipinski definition) is 11. The number of nitrogens with zero attached hydrogens (tertiary/aromatic N) is 1. The summed E-state index contributed by atoms with van der Waals surface area (Å²) in [5.74, 6) is 4.54. The molecule has 0 fully saturated rings. The third-order valence-electron chi connectivity index (χ3n) is 17.3. The fourth-order valence-corrected chi connectivity index (χ4v) is 12.6. The van der Waals surface area contributed by atoms with E-state index in [2.05, 4.69) is 158 Å². The number of aliphatic hydroxyl groups excluding tert-OH is 1. The van der Waals surface area contributed by atoms with Crippen molar-refractivity contribution < 1.29 is 47.7 Å². The van der Waals surface area contributed by atoms with Crippen LogP contribution in [-0.4, -0.2) is 98.2 Å². The van der Waals surface area contributed by atoms with E-state index in [1.54, 1.807) is 42.7 Å². The predicted octanol–water partition coefficient (Wildman–Crippen LogP) is 15.5. The summed E-state index contributed by atoms with van der Waals surface area (Å²) in [6.45, 7) is 1.96. The second-order valence-corrected chi connectivity index (χ2v) is 22.1. The lowest BCUT2D eigenvalue weighted by Crippen LogP contribution is -2.48. The van der Waals surface area contributed by atoms with Gasteiger partial charge in [-0.1, -0.05) is 164 Å². The van der Waals surface area contributed by atoms with E-state index in [0.29, 0.717) is 52.0 Å². The maximum Gasteiger partial charge on any atom is 0.143 e. The number of benzene rings is 9. The molecule has 0 saturated carbocycles. The van der Waals surface area contributed by atoms with E-state index >= 15 is 0 Å². The van der Waals surface area contributed by atoms with E-state index in [1.165, 1.54) is 0 Å². The summed E-state index contributed by atoms with van der Waals surface area (Å²) < 4.78 is 56.8. The second-order valence-electron chi connectivity index (χ2n) is 22.1. The number of aliphatic hydroxyl groups is 1. The summed E-state index contributed by atoms with van der Waals surface area (Å²) in [5.41, 5.74) is 5.37. The molecule has 0 aliphatic carbocycles. The Labute approximate surface area is 521 Å². The van der Waals surface area contributed by atoms with Gasteiger partial charge in [0, 0.05) is 38.5 Å². The molecule has 0 aliphatic rings. The van der Waals surface area contributed by atoms with Gasteiger partial charge in [-0.25, -0.2) is 0 Å². The van der Waals surface area contributed by atoms with Crippen molar-refractivity contribution in [2.45, 2.75) is 67.3 Å². The van der Waals surface area contributed by atoms with Crippen molar-refractivity contribution in [3.8, 4) is 34.5 Å². The van der Waals surface area contributed by atoms with E-state index in [0.717, 1.165) is 104 Å². The summed E-state index contributed by atoms with van der Waals surface area (Å²) >= 11 is 0. The summed E-state index contributed by atoms with van der Waals surface area (Å²) in [4.78, 5) is 2.48. The van der Waals surface area contributed by atoms with Crippen molar-refractivity contribution in [1.29, 1.82) is 0 Å². The van der Waals surface area contributed by atoms with Crippen molar-refractivity contribution in [2.24, 2.45) is 0 Å². The third-order valence-corrected chi connectivity index (χ3v) is 17.3. The topological polar surface area (TPSA) is 107 Å². The SMILES string of the molecule is COc1ccc(C(OCCCC(CCCOC(c2ccccc2)(c2ccc(OC)cc2)c2ccc(OC)cc2)(CCCOC(c2ccccc2)(c2ccc(OC)cc2)c2ccc(OC)cc2)N(C)CCCO)(c2ccccc2)c2ccc(OC)cc2)cc1. The first-order chi connectivity index (χ1) is 43.1. The molecular formula is C77H85NO10. The van der Waals surface area contributed by atoms with E-state index in [-0.39, 0.29) is 6.61 Å². The van der Waals surface area contributed by atoms with Crippen LogP contribution in [0.3, 0.4) is 0 Å². The Bertz CT molecular complexity index is 2950. The van der Waals surface area contributed by atoms with E-state index in [4.69, 9.17) is 42.6 Å². The van der Waals surface area contributed by atoms with Crippen LogP contribution < -0.4 is 28.4 Å². The molecule has 9 aromatic carbocycles. The summed E-state index contributed by atoms with van der Waals surface area (Å²) in [6, 6.07) is 80.5. The molecule has 0 aromatic heterocycles. The first-order valence-electron chi connectivity index (χ1n) is 30.4. The average molecular weight is 1180 g/mol. The monoisotopic (exact) mass is 1180 g/mol. The van der Waals surface area contributed by atoms with Gasteiger partial charge in [-0.05, 0) is 175 Å². The fraction of sp³-hybridized carbons (Fsp3) is 0.299. The number of hydrogen-bond donors (Lipinski definition) is 1. The predicted molar refractivity (Wildman–Crippen MR) is 350 cm³/mol. The summed E-state index contributed by atoms with van der Waals surface area (Å²) in [6.07, 6.45) is 4.97. The molecule has 11 nitrogen and oxygen atoms in total. The van der Waals surface area contributed by atoms with Crippen LogP contribution >= 0.6 is 0 Å². The lowest BCUT2D eigenvalue weighted by Gasteiger charge is -2.44. The van der Waals surface area contributed by atoms with Crippen LogP contribution in [-0.2, 0) is 31.0 Å². The molecule has 0 saturated heterocycles. The second kappa shape index (κ2) is 31.0. The maximum absolute atomic E-state index is 10.5. The molecule has 0 spiro atoms. The minimum Gasteiger partial charge on any atom is -0.497 e. The molecule has 1 N–H and O–H groups in total. The standard InChI is InChI=1S/C77H85NO10/c1-78(54-20-55-79)74(51-17-56-86-75(59-21-11-8-12-22-59,62-27-39-68(80-2)40-28-62)63-29-41-69(81-3)42-30-63,52-18-57-87-76(60-23-13-9-14-24-60,64-31-43-70(82-4)44-32-64)65-33-45-71(83-5)46-34-65)53-19-58-88-77(61-25-15-10-16-26-61,66-35-47-72(84-6)48-36-66)67-37-49-73(85-7)50-38-67/h8-16,21-50,79H,17-20,51-58H2,1-7H3. The lowest BCUT2D eigenvalue weighted by atomic mass is 9.79. The Morgan fingerprint density at radius 1 is 0.284 bits per heavy atom. The zero-order valence-corrected chi connectivity index (χ0v) is 52.1. The molecule has 0 heterocycles. The van der Waals surface area contributed by atoms with E-state index < -0.39 is 22.3 Å². The normalized spacial score (nSPS) is 12.0. The molecule has 0 radical (unpaired) electrons. The van der Waals surface area contributed by atoms with Gasteiger partial charge >= 0.3 is 0 Å². The Hall–Kier alpha value is -8.42. The Kier molecular flexibility index (Phi) is 22.5. The van der Waals surface area contributed by atoms with Gasteiger partial charge in [-0.3, -0.25) is 0 Å². The van der Waals surface area contributed by atoms with Gasteiger partial charge in [0.2, 0.25) is 0 Å². The molecule has 0 bridgehead atoms. The third kappa shape index (κ3) is 14.3. The van der Waals surface area contributed by atoms with Gasteiger partial charge in [-0.2, -0.15) is 0 Å². The van der Waals surface area contributed by atoms with Gasteiger partial charge in [-0.15, -0.1) is 0 Å². The zero-order valence-electron chi connectivity index (χ0n) is 52.1. The van der Waals surface area contributed by atoms with Crippen molar-refractivity contribution in [1.82, 2.24) is 4.90 Å². The van der Waals surface area contributed by atoms with Gasteiger partial charge in [0.15, 0.2) is 0 Å². The fourth-order valence-electron chi connectivity index (χ4n) is 12.6. The first kappa shape index (κ1) is 64.1. The number of ether oxygens (including phenoxy) is 9. The molecule has 9 rings (SSSR count). The van der Waals surface area contributed by atoms with Crippen molar-refractivity contribution in [3.63, 3.8) is 0 Å². The molecule has 0 amide bonds. The molecule has 88 heavy (non-hydrogen) atoms. The van der Waals surface area contributed by atoms with Gasteiger partial charge < -0.3 is 52.6 Å².